The lowest BCUT2D eigenvalue weighted by Gasteiger charge is -1.98. The number of rotatable bonds is 2. The van der Waals surface area contributed by atoms with Crippen molar-refractivity contribution < 1.29 is 4.39 Å². The zero-order valence-corrected chi connectivity index (χ0v) is 8.82. The number of halogens is 2. The molecule has 2 rings (SSSR count). The maximum absolute atomic E-state index is 12.7. The van der Waals surface area contributed by atoms with Gasteiger partial charge in [0.1, 0.15) is 11.5 Å². The molecule has 0 radical (unpaired) electrons. The molecule has 0 aliphatic heterocycles. The van der Waals surface area contributed by atoms with E-state index in [-0.39, 0.29) is 11.2 Å². The summed E-state index contributed by atoms with van der Waals surface area (Å²) in [4.78, 5) is 0. The van der Waals surface area contributed by atoms with Gasteiger partial charge in [-0.1, -0.05) is 5.21 Å². The molecule has 1 unspecified atom stereocenters. The summed E-state index contributed by atoms with van der Waals surface area (Å²) in [6.45, 7) is 1.82. The van der Waals surface area contributed by atoms with Crippen molar-refractivity contribution in [3.8, 4) is 5.69 Å². The monoisotopic (exact) mass is 225 g/mol. The molecule has 15 heavy (non-hydrogen) atoms. The van der Waals surface area contributed by atoms with E-state index < -0.39 is 0 Å². The third-order valence-electron chi connectivity index (χ3n) is 2.01. The highest BCUT2D eigenvalue weighted by Gasteiger charge is 2.07. The Morgan fingerprint density at radius 3 is 2.53 bits per heavy atom. The van der Waals surface area contributed by atoms with Crippen LogP contribution in [0.4, 0.5) is 4.39 Å². The summed E-state index contributed by atoms with van der Waals surface area (Å²) in [6, 6.07) is 6.01. The predicted molar refractivity (Wildman–Crippen MR) is 55.6 cm³/mol. The standard InChI is InChI=1S/C10H9ClFN3/c1-7(11)10-6-15(14-13-10)9-4-2-8(12)3-5-9/h2-7H,1H3. The molecule has 1 aromatic heterocycles. The zero-order valence-electron chi connectivity index (χ0n) is 8.06. The van der Waals surface area contributed by atoms with Gasteiger partial charge in [0.15, 0.2) is 0 Å². The van der Waals surface area contributed by atoms with Gasteiger partial charge in [-0.3, -0.25) is 0 Å². The molecule has 1 atom stereocenters. The van der Waals surface area contributed by atoms with E-state index in [0.29, 0.717) is 5.69 Å². The number of hydrogen-bond acceptors (Lipinski definition) is 2. The fraction of sp³-hybridized carbons (Fsp3) is 0.200. The third-order valence-corrected chi connectivity index (χ3v) is 2.23. The molecule has 3 nitrogen and oxygen atoms in total. The van der Waals surface area contributed by atoms with Gasteiger partial charge in [0, 0.05) is 0 Å². The van der Waals surface area contributed by atoms with Crippen molar-refractivity contribution in [3.05, 3.63) is 42.0 Å². The second-order valence-electron chi connectivity index (χ2n) is 3.18. The highest BCUT2D eigenvalue weighted by molar-refractivity contribution is 6.20. The van der Waals surface area contributed by atoms with E-state index in [4.69, 9.17) is 11.6 Å². The zero-order chi connectivity index (χ0) is 10.8. The van der Waals surface area contributed by atoms with Crippen molar-refractivity contribution in [1.82, 2.24) is 15.0 Å². The number of nitrogens with zero attached hydrogens (tertiary/aromatic N) is 3. The lowest BCUT2D eigenvalue weighted by Crippen LogP contribution is -1.94. The summed E-state index contributed by atoms with van der Waals surface area (Å²) in [5.41, 5.74) is 1.45. The number of aromatic nitrogens is 3. The number of alkyl halides is 1. The summed E-state index contributed by atoms with van der Waals surface area (Å²) in [5, 5.41) is 7.62. The van der Waals surface area contributed by atoms with Crippen LogP contribution in [0.1, 0.15) is 18.0 Å². The summed E-state index contributed by atoms with van der Waals surface area (Å²) < 4.78 is 14.2. The van der Waals surface area contributed by atoms with Crippen molar-refractivity contribution in [1.29, 1.82) is 0 Å². The highest BCUT2D eigenvalue weighted by atomic mass is 35.5. The molecule has 0 saturated heterocycles. The first-order valence-electron chi connectivity index (χ1n) is 4.49. The Hall–Kier alpha value is -1.42. The minimum Gasteiger partial charge on any atom is -0.220 e. The van der Waals surface area contributed by atoms with Crippen molar-refractivity contribution in [2.24, 2.45) is 0 Å². The first-order chi connectivity index (χ1) is 7.16. The molecule has 0 fully saturated rings. The molecule has 0 amide bonds. The van der Waals surface area contributed by atoms with Gasteiger partial charge in [0.25, 0.3) is 0 Å². The molecule has 78 valence electrons. The Balaban J connectivity index is 2.33. The molecule has 0 N–H and O–H groups in total. The minimum atomic E-state index is -0.273. The van der Waals surface area contributed by atoms with Crippen molar-refractivity contribution in [3.63, 3.8) is 0 Å². The molecular formula is C10H9ClFN3. The molecule has 0 bridgehead atoms. The van der Waals surface area contributed by atoms with Gasteiger partial charge in [0.05, 0.1) is 17.3 Å². The average molecular weight is 226 g/mol. The lowest BCUT2D eigenvalue weighted by molar-refractivity contribution is 0.626. The first-order valence-corrected chi connectivity index (χ1v) is 4.93. The van der Waals surface area contributed by atoms with Gasteiger partial charge in [-0.25, -0.2) is 9.07 Å². The summed E-state index contributed by atoms with van der Waals surface area (Å²) in [7, 11) is 0. The Kier molecular flexibility index (Phi) is 2.68. The van der Waals surface area contributed by atoms with Gasteiger partial charge < -0.3 is 0 Å². The Morgan fingerprint density at radius 1 is 1.33 bits per heavy atom. The second-order valence-corrected chi connectivity index (χ2v) is 3.84. The van der Waals surface area contributed by atoms with Crippen LogP contribution < -0.4 is 0 Å². The number of benzene rings is 1. The van der Waals surface area contributed by atoms with Gasteiger partial charge in [0.2, 0.25) is 0 Å². The van der Waals surface area contributed by atoms with Crippen molar-refractivity contribution >= 4 is 11.6 Å². The van der Waals surface area contributed by atoms with Gasteiger partial charge in [-0.2, -0.15) is 0 Å². The van der Waals surface area contributed by atoms with Crippen LogP contribution in [-0.2, 0) is 0 Å². The Labute approximate surface area is 91.5 Å². The van der Waals surface area contributed by atoms with Gasteiger partial charge in [-0.15, -0.1) is 16.7 Å². The van der Waals surface area contributed by atoms with Crippen LogP contribution in [0.2, 0.25) is 0 Å². The SMILES string of the molecule is CC(Cl)c1cn(-c2ccc(F)cc2)nn1. The van der Waals surface area contributed by atoms with Gasteiger partial charge >= 0.3 is 0 Å². The quantitative estimate of drug-likeness (QED) is 0.736. The van der Waals surface area contributed by atoms with Crippen LogP contribution in [0.25, 0.3) is 5.69 Å². The molecule has 1 heterocycles. The second kappa shape index (κ2) is 3.98. The summed E-state index contributed by atoms with van der Waals surface area (Å²) in [6.07, 6.45) is 1.73. The van der Waals surface area contributed by atoms with Gasteiger partial charge in [-0.05, 0) is 31.2 Å². The van der Waals surface area contributed by atoms with E-state index in [9.17, 15) is 4.39 Å². The lowest BCUT2D eigenvalue weighted by atomic mass is 10.3. The Morgan fingerprint density at radius 2 is 2.00 bits per heavy atom. The third kappa shape index (κ3) is 2.15. The van der Waals surface area contributed by atoms with E-state index in [1.807, 2.05) is 6.92 Å². The molecule has 0 spiro atoms. The van der Waals surface area contributed by atoms with Crippen LogP contribution >= 0.6 is 11.6 Å². The smallest absolute Gasteiger partial charge is 0.123 e. The number of hydrogen-bond donors (Lipinski definition) is 0. The van der Waals surface area contributed by atoms with E-state index in [1.54, 1.807) is 23.0 Å². The molecule has 0 aliphatic rings. The van der Waals surface area contributed by atoms with Crippen LogP contribution in [0.5, 0.6) is 0 Å². The van der Waals surface area contributed by atoms with Crippen molar-refractivity contribution in [2.45, 2.75) is 12.3 Å². The van der Waals surface area contributed by atoms with E-state index >= 15 is 0 Å². The summed E-state index contributed by atoms with van der Waals surface area (Å²) in [5.74, 6) is -0.273. The Bertz CT molecular complexity index is 450. The average Bonchev–Trinajstić information content (AvgIpc) is 2.68. The first kappa shape index (κ1) is 10.1. The van der Waals surface area contributed by atoms with E-state index in [2.05, 4.69) is 10.3 Å². The molecule has 2 aromatic rings. The van der Waals surface area contributed by atoms with Crippen LogP contribution in [-0.4, -0.2) is 15.0 Å². The van der Waals surface area contributed by atoms with Crippen molar-refractivity contribution in [2.75, 3.05) is 0 Å². The maximum atomic E-state index is 12.7. The van der Waals surface area contributed by atoms with Crippen LogP contribution in [0.3, 0.4) is 0 Å². The maximum Gasteiger partial charge on any atom is 0.123 e. The molecule has 0 aliphatic carbocycles. The van der Waals surface area contributed by atoms with E-state index in [0.717, 1.165) is 5.69 Å². The molecule has 1 aromatic carbocycles. The largest absolute Gasteiger partial charge is 0.220 e. The molecule has 5 heteroatoms. The normalized spacial score (nSPS) is 12.7. The fourth-order valence-electron chi connectivity index (χ4n) is 1.18. The molecule has 0 saturated carbocycles. The predicted octanol–water partition coefficient (Wildman–Crippen LogP) is 2.71. The highest BCUT2D eigenvalue weighted by Crippen LogP contribution is 2.17. The van der Waals surface area contributed by atoms with Crippen LogP contribution in [0.15, 0.2) is 30.5 Å². The summed E-state index contributed by atoms with van der Waals surface area (Å²) >= 11 is 5.85. The molecular weight excluding hydrogens is 217 g/mol. The minimum absolute atomic E-state index is 0.181. The van der Waals surface area contributed by atoms with Crippen LogP contribution in [0, 0.1) is 5.82 Å². The van der Waals surface area contributed by atoms with E-state index in [1.165, 1.54) is 12.1 Å². The fourth-order valence-corrected chi connectivity index (χ4v) is 1.28. The topological polar surface area (TPSA) is 30.7 Å².